The summed E-state index contributed by atoms with van der Waals surface area (Å²) >= 11 is 0. The third-order valence-corrected chi connectivity index (χ3v) is 6.82. The lowest BCUT2D eigenvalue weighted by atomic mass is 9.86. The molecule has 170 valence electrons. The predicted molar refractivity (Wildman–Crippen MR) is 130 cm³/mol. The second-order valence-electron chi connectivity index (χ2n) is 9.13. The third-order valence-electron chi connectivity index (χ3n) is 5.56. The molecule has 0 amide bonds. The van der Waals surface area contributed by atoms with Gasteiger partial charge in [0.1, 0.15) is 11.4 Å². The summed E-state index contributed by atoms with van der Waals surface area (Å²) in [6, 6.07) is 21.8. The molecule has 1 unspecified atom stereocenters. The Balaban J connectivity index is 1.71. The van der Waals surface area contributed by atoms with E-state index in [4.69, 9.17) is 5.73 Å². The lowest BCUT2D eigenvalue weighted by Crippen LogP contribution is -2.11. The molecule has 8 heteroatoms. The van der Waals surface area contributed by atoms with Crippen molar-refractivity contribution in [2.45, 2.75) is 31.8 Å². The van der Waals surface area contributed by atoms with Crippen molar-refractivity contribution in [1.29, 1.82) is 0 Å². The van der Waals surface area contributed by atoms with Crippen LogP contribution in [0.25, 0.3) is 16.9 Å². The van der Waals surface area contributed by atoms with Gasteiger partial charge in [0.05, 0.1) is 11.9 Å². The first-order valence-corrected chi connectivity index (χ1v) is 12.2. The summed E-state index contributed by atoms with van der Waals surface area (Å²) in [6.45, 7) is 6.30. The molecule has 0 saturated carbocycles. The SMILES string of the molecule is CC(C)(C)c1ccc(C(c2cccc(-n3cc(-c4cccc(N)c4)nn3)c2)P(=O)(O)O)cc1. The van der Waals surface area contributed by atoms with Crippen LogP contribution in [0.2, 0.25) is 0 Å². The highest BCUT2D eigenvalue weighted by Gasteiger charge is 2.32. The quantitative estimate of drug-likeness (QED) is 0.281. The predicted octanol–water partition coefficient (Wildman–Crippen LogP) is 5.08. The second-order valence-corrected chi connectivity index (χ2v) is 10.8. The maximum atomic E-state index is 12.5. The van der Waals surface area contributed by atoms with Gasteiger partial charge in [0, 0.05) is 11.3 Å². The number of anilines is 1. The third kappa shape index (κ3) is 5.06. The van der Waals surface area contributed by atoms with Gasteiger partial charge in [0.2, 0.25) is 0 Å². The van der Waals surface area contributed by atoms with Crippen molar-refractivity contribution in [3.8, 4) is 16.9 Å². The zero-order valence-corrected chi connectivity index (χ0v) is 19.6. The van der Waals surface area contributed by atoms with E-state index in [0.717, 1.165) is 11.1 Å². The Kier molecular flexibility index (Phi) is 5.97. The van der Waals surface area contributed by atoms with Gasteiger partial charge in [-0.15, -0.1) is 5.10 Å². The highest BCUT2D eigenvalue weighted by atomic mass is 31.2. The molecule has 1 aromatic heterocycles. The van der Waals surface area contributed by atoms with E-state index in [1.54, 1.807) is 47.3 Å². The lowest BCUT2D eigenvalue weighted by molar-refractivity contribution is 0.364. The molecule has 0 bridgehead atoms. The monoisotopic (exact) mass is 462 g/mol. The lowest BCUT2D eigenvalue weighted by Gasteiger charge is -2.23. The van der Waals surface area contributed by atoms with E-state index in [2.05, 4.69) is 31.1 Å². The fourth-order valence-electron chi connectivity index (χ4n) is 3.80. The molecule has 3 aromatic carbocycles. The smallest absolute Gasteiger partial charge is 0.337 e. The molecular weight excluding hydrogens is 435 g/mol. The number of nitrogen functional groups attached to an aromatic ring is 1. The van der Waals surface area contributed by atoms with Crippen molar-refractivity contribution >= 4 is 13.3 Å². The molecule has 4 rings (SSSR count). The fraction of sp³-hybridized carbons (Fsp3) is 0.200. The zero-order valence-electron chi connectivity index (χ0n) is 18.8. The number of benzene rings is 3. The zero-order chi connectivity index (χ0) is 23.8. The molecule has 0 spiro atoms. The fourth-order valence-corrected chi connectivity index (χ4v) is 4.91. The number of hydrogen-bond donors (Lipinski definition) is 3. The van der Waals surface area contributed by atoms with Gasteiger partial charge >= 0.3 is 7.60 Å². The molecule has 1 heterocycles. The summed E-state index contributed by atoms with van der Waals surface area (Å²) in [4.78, 5) is 20.4. The van der Waals surface area contributed by atoms with E-state index in [0.29, 0.717) is 28.2 Å². The molecule has 0 radical (unpaired) electrons. The van der Waals surface area contributed by atoms with Crippen molar-refractivity contribution in [3.05, 3.63) is 95.7 Å². The van der Waals surface area contributed by atoms with Gasteiger partial charge in [-0.3, -0.25) is 4.57 Å². The van der Waals surface area contributed by atoms with Crippen LogP contribution in [0.1, 0.15) is 43.1 Å². The number of hydrogen-bond acceptors (Lipinski definition) is 4. The van der Waals surface area contributed by atoms with Crippen molar-refractivity contribution in [3.63, 3.8) is 0 Å². The minimum atomic E-state index is -4.49. The van der Waals surface area contributed by atoms with E-state index >= 15 is 0 Å². The summed E-state index contributed by atoms with van der Waals surface area (Å²) in [7, 11) is -4.49. The van der Waals surface area contributed by atoms with E-state index < -0.39 is 13.3 Å². The van der Waals surface area contributed by atoms with Crippen molar-refractivity contribution in [2.75, 3.05) is 5.73 Å². The van der Waals surface area contributed by atoms with Crippen LogP contribution >= 0.6 is 7.60 Å². The Labute approximate surface area is 193 Å². The van der Waals surface area contributed by atoms with Crippen LogP contribution in [0.4, 0.5) is 5.69 Å². The Morgan fingerprint density at radius 3 is 2.27 bits per heavy atom. The van der Waals surface area contributed by atoms with Gasteiger partial charge in [-0.25, -0.2) is 4.68 Å². The molecule has 4 aromatic rings. The maximum absolute atomic E-state index is 12.5. The largest absolute Gasteiger partial charge is 0.399 e. The standard InChI is InChI=1S/C25H27N4O3P/c1-25(2,3)20-12-10-17(11-13-20)24(33(30,31)32)19-7-5-9-22(15-19)29-16-23(27-28-29)18-6-4-8-21(26)14-18/h4-16,24H,26H2,1-3H3,(H2,30,31,32). The molecular formula is C25H27N4O3P. The maximum Gasteiger partial charge on any atom is 0.337 e. The van der Waals surface area contributed by atoms with Crippen molar-refractivity contribution in [1.82, 2.24) is 15.0 Å². The Morgan fingerprint density at radius 2 is 1.64 bits per heavy atom. The summed E-state index contributed by atoms with van der Waals surface area (Å²) in [5.74, 6) is 0. The number of nitrogens with two attached hydrogens (primary N) is 1. The van der Waals surface area contributed by atoms with Crippen molar-refractivity contribution < 1.29 is 14.4 Å². The van der Waals surface area contributed by atoms with Crippen LogP contribution in [0.15, 0.2) is 79.0 Å². The van der Waals surface area contributed by atoms with Gasteiger partial charge in [0.15, 0.2) is 0 Å². The summed E-state index contributed by atoms with van der Waals surface area (Å²) < 4.78 is 14.1. The molecule has 33 heavy (non-hydrogen) atoms. The first-order valence-electron chi connectivity index (χ1n) is 10.6. The van der Waals surface area contributed by atoms with Gasteiger partial charge in [-0.2, -0.15) is 0 Å². The molecule has 4 N–H and O–H groups in total. The van der Waals surface area contributed by atoms with Crippen LogP contribution in [-0.4, -0.2) is 24.8 Å². The van der Waals surface area contributed by atoms with Crippen LogP contribution < -0.4 is 5.73 Å². The molecule has 0 aliphatic carbocycles. The van der Waals surface area contributed by atoms with Crippen LogP contribution in [0, 0.1) is 0 Å². The first kappa shape index (κ1) is 22.9. The average molecular weight is 462 g/mol. The van der Waals surface area contributed by atoms with E-state index in [-0.39, 0.29) is 5.41 Å². The number of aromatic nitrogens is 3. The summed E-state index contributed by atoms with van der Waals surface area (Å²) in [5, 5.41) is 8.42. The Hall–Kier alpha value is -3.25. The molecule has 7 nitrogen and oxygen atoms in total. The summed E-state index contributed by atoms with van der Waals surface area (Å²) in [5.41, 5.74) is 9.67. The highest BCUT2D eigenvalue weighted by Crippen LogP contribution is 2.55. The van der Waals surface area contributed by atoms with Crippen molar-refractivity contribution in [2.24, 2.45) is 0 Å². The van der Waals surface area contributed by atoms with E-state index in [1.165, 1.54) is 0 Å². The Bertz CT molecular complexity index is 1320. The van der Waals surface area contributed by atoms with Crippen LogP contribution in [-0.2, 0) is 9.98 Å². The second kappa shape index (κ2) is 8.60. The molecule has 0 saturated heterocycles. The van der Waals surface area contributed by atoms with Gasteiger partial charge < -0.3 is 15.5 Å². The van der Waals surface area contributed by atoms with E-state index in [9.17, 15) is 14.4 Å². The number of rotatable bonds is 5. The minimum Gasteiger partial charge on any atom is -0.399 e. The van der Waals surface area contributed by atoms with Crippen LogP contribution in [0.3, 0.4) is 0 Å². The number of nitrogens with zero attached hydrogens (tertiary/aromatic N) is 3. The van der Waals surface area contributed by atoms with Gasteiger partial charge in [-0.1, -0.05) is 74.5 Å². The topological polar surface area (TPSA) is 114 Å². The molecule has 1 atom stereocenters. The highest BCUT2D eigenvalue weighted by molar-refractivity contribution is 7.52. The Morgan fingerprint density at radius 1 is 0.939 bits per heavy atom. The van der Waals surface area contributed by atoms with Crippen LogP contribution in [0.5, 0.6) is 0 Å². The minimum absolute atomic E-state index is 0.0513. The first-order chi connectivity index (χ1) is 15.5. The molecule has 0 aliphatic rings. The normalized spacial score (nSPS) is 13.1. The summed E-state index contributed by atoms with van der Waals surface area (Å²) in [6.07, 6.45) is 1.76. The average Bonchev–Trinajstić information content (AvgIpc) is 3.23. The van der Waals surface area contributed by atoms with E-state index in [1.807, 2.05) is 36.4 Å². The molecule has 0 aliphatic heterocycles. The van der Waals surface area contributed by atoms with Gasteiger partial charge in [-0.05, 0) is 46.4 Å². The van der Waals surface area contributed by atoms with Gasteiger partial charge in [0.25, 0.3) is 0 Å². The molecule has 0 fully saturated rings.